The number of alkyl halides is 3. The molecule has 1 spiro atoms. The molecule has 0 radical (unpaired) electrons. The lowest BCUT2D eigenvalue weighted by Crippen LogP contribution is -2.73. The molecule has 0 unspecified atom stereocenters. The van der Waals surface area contributed by atoms with Crippen LogP contribution in [-0.2, 0) is 55.8 Å². The zero-order valence-corrected chi connectivity index (χ0v) is 48.5. The summed E-state index contributed by atoms with van der Waals surface area (Å²) in [5.41, 5.74) is 5.38. The van der Waals surface area contributed by atoms with Gasteiger partial charge in [0.15, 0.2) is 0 Å². The van der Waals surface area contributed by atoms with E-state index >= 15 is 18.0 Å². The van der Waals surface area contributed by atoms with Gasteiger partial charge < -0.3 is 43.4 Å². The quantitative estimate of drug-likeness (QED) is 0.219. The van der Waals surface area contributed by atoms with Crippen LogP contribution >= 0.6 is 0 Å². The van der Waals surface area contributed by atoms with Crippen LogP contribution < -0.4 is 21.0 Å². The van der Waals surface area contributed by atoms with E-state index in [0.29, 0.717) is 131 Å². The number of amides is 3. The second-order valence-electron chi connectivity index (χ2n) is 26.2. The minimum absolute atomic E-state index is 0.0614. The number of hydrogen-bond acceptors (Lipinski definition) is 16. The SMILES string of the molecule is CO[C@@H](C)C1=C(c2c3c4cc(ccc4n2CC(F)(F)F)N2CCO[C@@H](C[C@H](NC(=O)[C@H](C(C)C)N4CCOC5(CN(C(=O)[C@@H]6N[C@@H]6C6CC6)C5)C4)C(=O)N4CCC[C@H](N4)C(=O)OCC(C)(C)C3)C2)C[C@@H](N2CCN3CCOC[C@@H]3C2)C=N1. The van der Waals surface area contributed by atoms with Crippen LogP contribution in [0.1, 0.15) is 84.4 Å². The Balaban J connectivity index is 0.859. The Kier molecular flexibility index (Phi) is 16.1. The van der Waals surface area contributed by atoms with Gasteiger partial charge in [-0.1, -0.05) is 27.7 Å². The molecule has 9 aliphatic heterocycles. The van der Waals surface area contributed by atoms with E-state index in [0.717, 1.165) is 31.9 Å². The van der Waals surface area contributed by atoms with Crippen LogP contribution in [0.3, 0.4) is 0 Å². The van der Waals surface area contributed by atoms with Gasteiger partial charge in [0.05, 0.1) is 75.8 Å². The van der Waals surface area contributed by atoms with E-state index in [2.05, 4.69) is 35.7 Å². The minimum Gasteiger partial charge on any atom is -0.464 e. The Morgan fingerprint density at radius 1 is 0.963 bits per heavy atom. The first-order valence-electron chi connectivity index (χ1n) is 30.2. The summed E-state index contributed by atoms with van der Waals surface area (Å²) in [6.07, 6.45) is 0.222. The summed E-state index contributed by atoms with van der Waals surface area (Å²) in [5.74, 6) is -0.721. The normalized spacial score (nSPS) is 31.1. The highest BCUT2D eigenvalue weighted by Crippen LogP contribution is 2.45. The van der Waals surface area contributed by atoms with E-state index in [1.807, 2.05) is 57.9 Å². The zero-order valence-electron chi connectivity index (χ0n) is 48.5. The van der Waals surface area contributed by atoms with Gasteiger partial charge in [-0.25, -0.2) is 5.43 Å². The predicted molar refractivity (Wildman–Crippen MR) is 300 cm³/mol. The highest BCUT2D eigenvalue weighted by Gasteiger charge is 2.57. The Morgan fingerprint density at radius 2 is 1.77 bits per heavy atom. The van der Waals surface area contributed by atoms with Gasteiger partial charge in [0, 0.05) is 124 Å². The highest BCUT2D eigenvalue weighted by atomic mass is 19.4. The van der Waals surface area contributed by atoms with Gasteiger partial charge in [-0.2, -0.15) is 13.2 Å². The summed E-state index contributed by atoms with van der Waals surface area (Å²) in [6.45, 7) is 16.7. The van der Waals surface area contributed by atoms with Crippen LogP contribution in [0.2, 0.25) is 0 Å². The summed E-state index contributed by atoms with van der Waals surface area (Å²) < 4.78 is 78.1. The lowest BCUT2D eigenvalue weighted by Gasteiger charge is -2.55. The van der Waals surface area contributed by atoms with E-state index in [-0.39, 0.29) is 61.3 Å². The molecule has 10 aliphatic rings. The minimum atomic E-state index is -4.59. The number of nitrogens with zero attached hydrogens (tertiary/aromatic N) is 8. The number of fused-ring (bicyclic) bond motifs is 7. The Hall–Kier alpha value is -4.72. The molecule has 8 fully saturated rings. The lowest BCUT2D eigenvalue weighted by molar-refractivity contribution is -0.197. The predicted octanol–water partition coefficient (Wildman–Crippen LogP) is 3.20. The average molecular weight is 1150 g/mol. The number of anilines is 1. The van der Waals surface area contributed by atoms with Crippen LogP contribution in [0.5, 0.6) is 0 Å². The monoisotopic (exact) mass is 1150 g/mol. The Morgan fingerprint density at radius 3 is 2.54 bits per heavy atom. The number of benzene rings is 1. The number of hydrazine groups is 1. The van der Waals surface area contributed by atoms with E-state index in [1.54, 1.807) is 13.2 Å². The van der Waals surface area contributed by atoms with Gasteiger partial charge in [0.1, 0.15) is 30.3 Å². The maximum atomic E-state index is 15.3. The van der Waals surface area contributed by atoms with Crippen molar-refractivity contribution in [1.29, 1.82) is 0 Å². The van der Waals surface area contributed by atoms with Crippen LogP contribution in [0, 0.1) is 17.3 Å². The molecule has 10 heterocycles. The summed E-state index contributed by atoms with van der Waals surface area (Å²) in [5, 5.41) is 8.66. The van der Waals surface area contributed by atoms with Crippen molar-refractivity contribution in [1.82, 2.24) is 45.2 Å². The summed E-state index contributed by atoms with van der Waals surface area (Å²) >= 11 is 0. The largest absolute Gasteiger partial charge is 0.464 e. The number of methoxy groups -OCH3 is 1. The Labute approximate surface area is 478 Å². The molecule has 1 aliphatic carbocycles. The average Bonchev–Trinajstić information content (AvgIpc) is 3.01. The fourth-order valence-electron chi connectivity index (χ4n) is 14.5. The van der Waals surface area contributed by atoms with Crippen molar-refractivity contribution < 1.29 is 56.0 Å². The van der Waals surface area contributed by atoms with Gasteiger partial charge >= 0.3 is 12.1 Å². The standard InChI is InChI=1S/C59H84F3N11O9/c1-35(2)51(70-18-21-82-58(30-70)31-71(32-58)55(76)50-49(65-50)37-9-10-37)53(74)64-46-24-41-28-69(17-20-80-41)38-11-12-47-42(22-38)44(25-57(4,5)34-81-56(77)45-8-7-13-73(66-45)54(46)75)52(72(47)33-59(60,61)62)43-23-39(26-63-48(43)36(3)78-6)68-15-14-67-16-19-79-29-40(67)27-68/h11-12,22,26,35-37,39-41,45-46,49-51,65-66H,7-10,13-21,23-25,27-34H2,1-6H3,(H,64,74)/t36-,39+,40-,41-,45-,46-,49+,50+,51-/m0/s1. The number of carbonyl (C=O) groups excluding carboxylic acids is 4. The van der Waals surface area contributed by atoms with Gasteiger partial charge in [-0.15, -0.1) is 0 Å². The first-order valence-corrected chi connectivity index (χ1v) is 30.2. The molecule has 1 aromatic heterocycles. The maximum absolute atomic E-state index is 15.3. The molecule has 12 rings (SSSR count). The molecule has 6 bridgehead atoms. The molecule has 1 aromatic carbocycles. The van der Waals surface area contributed by atoms with E-state index < -0.39 is 65.9 Å². The number of aromatic nitrogens is 1. The molecule has 20 nitrogen and oxygen atoms in total. The molecule has 82 heavy (non-hydrogen) atoms. The topological polar surface area (TPSA) is 197 Å². The number of cyclic esters (lactones) is 1. The number of nitrogens with one attached hydrogen (secondary N) is 3. The lowest BCUT2D eigenvalue weighted by atomic mass is 9.83. The first kappa shape index (κ1) is 57.7. The number of aliphatic imine (C=N–C) groups is 1. The summed E-state index contributed by atoms with van der Waals surface area (Å²) in [6, 6.07) is 3.23. The van der Waals surface area contributed by atoms with E-state index in [9.17, 15) is 14.4 Å². The molecule has 9 atom stereocenters. The van der Waals surface area contributed by atoms with Crippen molar-refractivity contribution in [3.8, 4) is 0 Å². The van der Waals surface area contributed by atoms with Crippen molar-refractivity contribution in [2.75, 3.05) is 117 Å². The van der Waals surface area contributed by atoms with Gasteiger partial charge in [0.2, 0.25) is 11.8 Å². The number of piperazine rings is 1. The third-order valence-electron chi connectivity index (χ3n) is 19.0. The van der Waals surface area contributed by atoms with Crippen molar-refractivity contribution in [3.05, 3.63) is 35.2 Å². The summed E-state index contributed by atoms with van der Waals surface area (Å²) in [7, 11) is 1.59. The van der Waals surface area contributed by atoms with Crippen LogP contribution in [-0.4, -0.2) is 237 Å². The van der Waals surface area contributed by atoms with Crippen molar-refractivity contribution in [3.63, 3.8) is 0 Å². The highest BCUT2D eigenvalue weighted by molar-refractivity contribution is 5.95. The summed E-state index contributed by atoms with van der Waals surface area (Å²) in [4.78, 5) is 73.7. The smallest absolute Gasteiger partial charge is 0.406 e. The Bertz CT molecular complexity index is 2820. The number of hydrogen-bond donors (Lipinski definition) is 3. The first-order chi connectivity index (χ1) is 39.2. The molecule has 3 N–H and O–H groups in total. The third kappa shape index (κ3) is 12.0. The molecular formula is C59H84F3N11O9. The number of rotatable bonds is 11. The second-order valence-corrected chi connectivity index (χ2v) is 26.2. The number of ether oxygens (including phenoxy) is 5. The second kappa shape index (κ2) is 22.9. The number of carbonyl (C=O) groups is 4. The fourth-order valence-corrected chi connectivity index (χ4v) is 14.5. The van der Waals surface area contributed by atoms with Crippen molar-refractivity contribution >= 4 is 52.1 Å². The van der Waals surface area contributed by atoms with E-state index in [1.165, 1.54) is 22.4 Å². The maximum Gasteiger partial charge on any atom is 0.406 e. The van der Waals surface area contributed by atoms with Gasteiger partial charge in [0.25, 0.3) is 5.91 Å². The molecule has 23 heteroatoms. The van der Waals surface area contributed by atoms with Crippen molar-refractivity contribution in [2.24, 2.45) is 22.2 Å². The molecule has 3 amide bonds. The van der Waals surface area contributed by atoms with Crippen LogP contribution in [0.15, 0.2) is 28.9 Å². The molecular weight excluding hydrogens is 1060 g/mol. The fraction of sp³-hybridized carbons (Fsp3) is 0.746. The van der Waals surface area contributed by atoms with Crippen molar-refractivity contribution in [2.45, 2.75) is 152 Å². The number of morpholine rings is 3. The number of halogens is 3. The molecule has 2 aromatic rings. The molecule has 7 saturated heterocycles. The van der Waals surface area contributed by atoms with Crippen LogP contribution in [0.4, 0.5) is 18.9 Å². The van der Waals surface area contributed by atoms with Gasteiger partial charge in [-0.3, -0.25) is 49.2 Å². The van der Waals surface area contributed by atoms with Crippen LogP contribution in [0.25, 0.3) is 16.5 Å². The molecule has 1 saturated carbocycles. The number of esters is 1. The third-order valence-corrected chi connectivity index (χ3v) is 19.0. The van der Waals surface area contributed by atoms with E-state index in [4.69, 9.17) is 28.7 Å². The molecule has 450 valence electrons. The number of likely N-dealkylation sites (tertiary alicyclic amines) is 1. The van der Waals surface area contributed by atoms with Gasteiger partial charge in [-0.05, 0) is 81.0 Å². The zero-order chi connectivity index (χ0) is 57.4.